The van der Waals surface area contributed by atoms with Gasteiger partial charge >= 0.3 is 0 Å². The molecule has 0 bridgehead atoms. The van der Waals surface area contributed by atoms with Crippen LogP contribution in [0.5, 0.6) is 0 Å². The van der Waals surface area contributed by atoms with Crippen LogP contribution in [-0.4, -0.2) is 37.6 Å². The molecule has 0 aromatic rings. The molecule has 1 fully saturated rings. The minimum Gasteiger partial charge on any atom is -0.313 e. The van der Waals surface area contributed by atoms with Crippen molar-refractivity contribution in [2.75, 3.05) is 26.7 Å². The van der Waals surface area contributed by atoms with E-state index in [9.17, 15) is 0 Å². The van der Waals surface area contributed by atoms with Crippen molar-refractivity contribution in [1.29, 1.82) is 0 Å². The molecule has 0 saturated carbocycles. The topological polar surface area (TPSA) is 15.3 Å². The van der Waals surface area contributed by atoms with Gasteiger partial charge in [-0.3, -0.25) is 0 Å². The Morgan fingerprint density at radius 3 is 2.85 bits per heavy atom. The zero-order valence-electron chi connectivity index (χ0n) is 9.34. The molecule has 0 aliphatic carbocycles. The number of rotatable bonds is 5. The summed E-state index contributed by atoms with van der Waals surface area (Å²) in [6, 6.07) is 0.758. The number of hydrogen-bond acceptors (Lipinski definition) is 2. The van der Waals surface area contributed by atoms with Crippen LogP contribution < -0.4 is 5.32 Å². The van der Waals surface area contributed by atoms with Gasteiger partial charge in [0.05, 0.1) is 0 Å². The fraction of sp³-hybridized carbons (Fsp3) is 1.00. The average molecular weight is 184 g/mol. The molecule has 78 valence electrons. The number of likely N-dealkylation sites (N-methyl/N-ethyl adjacent to an activating group) is 1. The van der Waals surface area contributed by atoms with Crippen LogP contribution in [0.2, 0.25) is 0 Å². The Hall–Kier alpha value is -0.0800. The molecule has 1 unspecified atom stereocenters. The Bertz CT molecular complexity index is 130. The Labute approximate surface area is 82.7 Å². The third kappa shape index (κ3) is 4.10. The van der Waals surface area contributed by atoms with Gasteiger partial charge in [0, 0.05) is 19.1 Å². The van der Waals surface area contributed by atoms with E-state index < -0.39 is 0 Å². The molecule has 13 heavy (non-hydrogen) atoms. The van der Waals surface area contributed by atoms with Crippen LogP contribution in [-0.2, 0) is 0 Å². The lowest BCUT2D eigenvalue weighted by atomic mass is 10.1. The van der Waals surface area contributed by atoms with E-state index in [1.165, 1.54) is 38.9 Å². The fourth-order valence-electron chi connectivity index (χ4n) is 2.02. The SMILES string of the molecule is CCC(C)CN(C)C[C@@H]1CCCN1. The molecule has 2 heteroatoms. The summed E-state index contributed by atoms with van der Waals surface area (Å²) in [7, 11) is 2.24. The maximum Gasteiger partial charge on any atom is 0.0195 e. The number of hydrogen-bond donors (Lipinski definition) is 1. The Balaban J connectivity index is 2.12. The molecule has 1 heterocycles. The fourth-order valence-corrected chi connectivity index (χ4v) is 2.02. The van der Waals surface area contributed by atoms with Crippen molar-refractivity contribution >= 4 is 0 Å². The van der Waals surface area contributed by atoms with Crippen LogP contribution >= 0.6 is 0 Å². The van der Waals surface area contributed by atoms with Crippen LogP contribution in [0.3, 0.4) is 0 Å². The second kappa shape index (κ2) is 5.61. The summed E-state index contributed by atoms with van der Waals surface area (Å²) in [4.78, 5) is 2.47. The van der Waals surface area contributed by atoms with Crippen LogP contribution in [0.25, 0.3) is 0 Å². The third-order valence-corrected chi connectivity index (χ3v) is 3.01. The normalized spacial score (nSPS) is 25.4. The van der Waals surface area contributed by atoms with Gasteiger partial charge in [-0.05, 0) is 32.4 Å². The first-order valence-electron chi connectivity index (χ1n) is 5.64. The molecule has 0 radical (unpaired) electrons. The zero-order chi connectivity index (χ0) is 9.68. The average Bonchev–Trinajstić information content (AvgIpc) is 2.56. The second-order valence-electron chi connectivity index (χ2n) is 4.53. The van der Waals surface area contributed by atoms with Gasteiger partial charge in [0.1, 0.15) is 0 Å². The first-order chi connectivity index (χ1) is 6.22. The number of nitrogens with one attached hydrogen (secondary N) is 1. The molecule has 1 aliphatic heterocycles. The summed E-state index contributed by atoms with van der Waals surface area (Å²) in [6.07, 6.45) is 4.02. The van der Waals surface area contributed by atoms with Crippen molar-refractivity contribution in [1.82, 2.24) is 10.2 Å². The summed E-state index contributed by atoms with van der Waals surface area (Å²) in [5.41, 5.74) is 0. The highest BCUT2D eigenvalue weighted by Crippen LogP contribution is 2.08. The van der Waals surface area contributed by atoms with E-state index >= 15 is 0 Å². The molecule has 2 nitrogen and oxygen atoms in total. The Morgan fingerprint density at radius 2 is 2.31 bits per heavy atom. The molecular weight excluding hydrogens is 160 g/mol. The number of nitrogens with zero attached hydrogens (tertiary/aromatic N) is 1. The largest absolute Gasteiger partial charge is 0.313 e. The van der Waals surface area contributed by atoms with E-state index in [2.05, 4.69) is 31.1 Å². The smallest absolute Gasteiger partial charge is 0.0195 e. The summed E-state index contributed by atoms with van der Waals surface area (Å²) >= 11 is 0. The van der Waals surface area contributed by atoms with E-state index in [0.29, 0.717) is 0 Å². The molecule has 2 atom stereocenters. The van der Waals surface area contributed by atoms with Gasteiger partial charge in [0.25, 0.3) is 0 Å². The van der Waals surface area contributed by atoms with Gasteiger partial charge in [-0.2, -0.15) is 0 Å². The van der Waals surface area contributed by atoms with Crippen LogP contribution in [0.1, 0.15) is 33.1 Å². The Morgan fingerprint density at radius 1 is 1.54 bits per heavy atom. The maximum atomic E-state index is 3.54. The van der Waals surface area contributed by atoms with Crippen LogP contribution in [0.15, 0.2) is 0 Å². The standard InChI is InChI=1S/C11H24N2/c1-4-10(2)8-13(3)9-11-6-5-7-12-11/h10-12H,4-9H2,1-3H3/t10?,11-/m0/s1. The van der Waals surface area contributed by atoms with E-state index in [4.69, 9.17) is 0 Å². The zero-order valence-corrected chi connectivity index (χ0v) is 9.34. The van der Waals surface area contributed by atoms with Crippen molar-refractivity contribution < 1.29 is 0 Å². The monoisotopic (exact) mass is 184 g/mol. The molecule has 0 aromatic carbocycles. The molecule has 1 rings (SSSR count). The summed E-state index contributed by atoms with van der Waals surface area (Å²) < 4.78 is 0. The van der Waals surface area contributed by atoms with Crippen molar-refractivity contribution in [3.05, 3.63) is 0 Å². The van der Waals surface area contributed by atoms with Crippen LogP contribution in [0.4, 0.5) is 0 Å². The minimum atomic E-state index is 0.758. The molecular formula is C11H24N2. The van der Waals surface area contributed by atoms with Gasteiger partial charge in [0.15, 0.2) is 0 Å². The van der Waals surface area contributed by atoms with Crippen molar-refractivity contribution in [3.63, 3.8) is 0 Å². The quantitative estimate of drug-likeness (QED) is 0.700. The third-order valence-electron chi connectivity index (χ3n) is 3.01. The lowest BCUT2D eigenvalue weighted by Crippen LogP contribution is -2.37. The predicted molar refractivity (Wildman–Crippen MR) is 58.0 cm³/mol. The Kier molecular flexibility index (Phi) is 4.74. The highest BCUT2D eigenvalue weighted by molar-refractivity contribution is 4.77. The summed E-state index contributed by atoms with van der Waals surface area (Å²) in [6.45, 7) is 8.30. The first kappa shape index (κ1) is 11.0. The van der Waals surface area contributed by atoms with Crippen molar-refractivity contribution in [2.24, 2.45) is 5.92 Å². The van der Waals surface area contributed by atoms with Gasteiger partial charge < -0.3 is 10.2 Å². The lowest BCUT2D eigenvalue weighted by Gasteiger charge is -2.23. The molecule has 1 N–H and O–H groups in total. The molecule has 0 aromatic heterocycles. The lowest BCUT2D eigenvalue weighted by molar-refractivity contribution is 0.259. The summed E-state index contributed by atoms with van der Waals surface area (Å²) in [5, 5.41) is 3.54. The molecule has 1 aliphatic rings. The van der Waals surface area contributed by atoms with Crippen LogP contribution in [0, 0.1) is 5.92 Å². The van der Waals surface area contributed by atoms with E-state index in [0.717, 1.165) is 12.0 Å². The van der Waals surface area contributed by atoms with Crippen molar-refractivity contribution in [3.8, 4) is 0 Å². The molecule has 1 saturated heterocycles. The van der Waals surface area contributed by atoms with E-state index in [1.54, 1.807) is 0 Å². The minimum absolute atomic E-state index is 0.758. The van der Waals surface area contributed by atoms with Gasteiger partial charge in [-0.25, -0.2) is 0 Å². The molecule has 0 amide bonds. The van der Waals surface area contributed by atoms with Gasteiger partial charge in [-0.15, -0.1) is 0 Å². The highest BCUT2D eigenvalue weighted by Gasteiger charge is 2.16. The van der Waals surface area contributed by atoms with Crippen molar-refractivity contribution in [2.45, 2.75) is 39.2 Å². The predicted octanol–water partition coefficient (Wildman–Crippen LogP) is 1.72. The van der Waals surface area contributed by atoms with E-state index in [-0.39, 0.29) is 0 Å². The maximum absolute atomic E-state index is 3.54. The van der Waals surface area contributed by atoms with Gasteiger partial charge in [-0.1, -0.05) is 20.3 Å². The van der Waals surface area contributed by atoms with Gasteiger partial charge in [0.2, 0.25) is 0 Å². The first-order valence-corrected chi connectivity index (χ1v) is 5.64. The highest BCUT2D eigenvalue weighted by atomic mass is 15.1. The second-order valence-corrected chi connectivity index (χ2v) is 4.53. The van der Waals surface area contributed by atoms with E-state index in [1.807, 2.05) is 0 Å². The summed E-state index contributed by atoms with van der Waals surface area (Å²) in [5.74, 6) is 0.839. The molecule has 0 spiro atoms.